The third kappa shape index (κ3) is 3.41. The number of aryl methyl sites for hydroxylation is 1. The Morgan fingerprint density at radius 1 is 0.750 bits per heavy atom. The summed E-state index contributed by atoms with van der Waals surface area (Å²) in [7, 11) is -4.09. The van der Waals surface area contributed by atoms with Crippen molar-refractivity contribution in [2.75, 3.05) is 0 Å². The first-order valence-corrected chi connectivity index (χ1v) is 11.8. The standard InChI is InChI=1S/C27H20O4S/c1-18-13-15-21(16-14-18)32(29,30)27-25(31-24-12-5-4-11-23(24)26(27)28)17-20-9-6-8-19-7-2-3-10-22(19)20/h2-16H,17H2,1H3. The quantitative estimate of drug-likeness (QED) is 0.361. The second-order valence-corrected chi connectivity index (χ2v) is 9.70. The molecular weight excluding hydrogens is 420 g/mol. The Labute approximate surface area is 185 Å². The number of fused-ring (bicyclic) bond motifs is 2. The van der Waals surface area contributed by atoms with Crippen molar-refractivity contribution in [3.05, 3.63) is 118 Å². The zero-order valence-corrected chi connectivity index (χ0v) is 18.2. The Hall–Kier alpha value is -3.70. The third-order valence-corrected chi connectivity index (χ3v) is 7.50. The van der Waals surface area contributed by atoms with Crippen molar-refractivity contribution in [3.8, 4) is 0 Å². The lowest BCUT2D eigenvalue weighted by Crippen LogP contribution is -2.19. The van der Waals surface area contributed by atoms with Crippen LogP contribution in [0.15, 0.2) is 110 Å². The second-order valence-electron chi connectivity index (χ2n) is 7.81. The molecule has 1 aromatic heterocycles. The first kappa shape index (κ1) is 20.2. The molecule has 0 spiro atoms. The van der Waals surface area contributed by atoms with Crippen LogP contribution in [0.4, 0.5) is 0 Å². The van der Waals surface area contributed by atoms with Crippen molar-refractivity contribution in [1.82, 2.24) is 0 Å². The van der Waals surface area contributed by atoms with Gasteiger partial charge >= 0.3 is 0 Å². The summed E-state index contributed by atoms with van der Waals surface area (Å²) in [6, 6.07) is 27.0. The highest BCUT2D eigenvalue weighted by molar-refractivity contribution is 7.91. The van der Waals surface area contributed by atoms with Crippen molar-refractivity contribution in [2.45, 2.75) is 23.1 Å². The van der Waals surface area contributed by atoms with E-state index in [1.165, 1.54) is 12.1 Å². The van der Waals surface area contributed by atoms with Gasteiger partial charge in [0.2, 0.25) is 15.3 Å². The molecule has 0 saturated heterocycles. The van der Waals surface area contributed by atoms with Crippen molar-refractivity contribution >= 4 is 31.6 Å². The minimum absolute atomic E-state index is 0.0739. The number of sulfone groups is 1. The highest BCUT2D eigenvalue weighted by Crippen LogP contribution is 2.29. The highest BCUT2D eigenvalue weighted by Gasteiger charge is 2.28. The smallest absolute Gasteiger partial charge is 0.213 e. The molecule has 0 saturated carbocycles. The van der Waals surface area contributed by atoms with E-state index in [2.05, 4.69) is 0 Å². The van der Waals surface area contributed by atoms with Gasteiger partial charge < -0.3 is 4.42 Å². The summed E-state index contributed by atoms with van der Waals surface area (Å²) in [6.07, 6.45) is 0.182. The van der Waals surface area contributed by atoms with Crippen LogP contribution >= 0.6 is 0 Å². The molecule has 32 heavy (non-hydrogen) atoms. The van der Waals surface area contributed by atoms with Crippen LogP contribution in [0.2, 0.25) is 0 Å². The van der Waals surface area contributed by atoms with E-state index in [9.17, 15) is 13.2 Å². The number of para-hydroxylation sites is 1. The van der Waals surface area contributed by atoms with Crippen molar-refractivity contribution in [2.24, 2.45) is 0 Å². The maximum Gasteiger partial charge on any atom is 0.213 e. The van der Waals surface area contributed by atoms with Crippen LogP contribution < -0.4 is 5.43 Å². The van der Waals surface area contributed by atoms with Crippen LogP contribution in [0.3, 0.4) is 0 Å². The molecule has 0 unspecified atom stereocenters. The lowest BCUT2D eigenvalue weighted by atomic mass is 10.0. The molecule has 158 valence electrons. The first-order valence-electron chi connectivity index (χ1n) is 10.3. The molecule has 0 aliphatic heterocycles. The van der Waals surface area contributed by atoms with Gasteiger partial charge in [0.05, 0.1) is 10.3 Å². The summed E-state index contributed by atoms with van der Waals surface area (Å²) < 4.78 is 33.3. The van der Waals surface area contributed by atoms with Crippen LogP contribution in [0.5, 0.6) is 0 Å². The minimum atomic E-state index is -4.09. The van der Waals surface area contributed by atoms with Crippen LogP contribution in [0, 0.1) is 6.92 Å². The predicted molar refractivity (Wildman–Crippen MR) is 126 cm³/mol. The summed E-state index contributed by atoms with van der Waals surface area (Å²) in [5.41, 5.74) is 1.66. The molecule has 0 aliphatic rings. The Kier molecular flexibility index (Phi) is 4.91. The summed E-state index contributed by atoms with van der Waals surface area (Å²) >= 11 is 0. The molecule has 4 nitrogen and oxygen atoms in total. The van der Waals surface area contributed by atoms with Gasteiger partial charge in [-0.2, -0.15) is 0 Å². The Bertz CT molecular complexity index is 1620. The van der Waals surface area contributed by atoms with Crippen molar-refractivity contribution < 1.29 is 12.8 Å². The highest BCUT2D eigenvalue weighted by atomic mass is 32.2. The summed E-state index contributed by atoms with van der Waals surface area (Å²) in [6.45, 7) is 1.88. The normalized spacial score (nSPS) is 11.8. The van der Waals surface area contributed by atoms with Crippen LogP contribution in [0.1, 0.15) is 16.9 Å². The lowest BCUT2D eigenvalue weighted by Gasteiger charge is -2.12. The van der Waals surface area contributed by atoms with Gasteiger partial charge in [-0.3, -0.25) is 4.79 Å². The predicted octanol–water partition coefficient (Wildman–Crippen LogP) is 5.68. The van der Waals surface area contributed by atoms with Gasteiger partial charge in [-0.15, -0.1) is 0 Å². The van der Waals surface area contributed by atoms with E-state index < -0.39 is 15.3 Å². The van der Waals surface area contributed by atoms with E-state index in [1.54, 1.807) is 36.4 Å². The van der Waals surface area contributed by atoms with Gasteiger partial charge in [0.15, 0.2) is 4.90 Å². The summed E-state index contributed by atoms with van der Waals surface area (Å²) in [5.74, 6) is 0.144. The molecule has 5 rings (SSSR count). The van der Waals surface area contributed by atoms with Crippen LogP contribution in [-0.2, 0) is 16.3 Å². The molecule has 0 atom stereocenters. The summed E-state index contributed by atoms with van der Waals surface area (Å²) in [5, 5.41) is 2.28. The maximum absolute atomic E-state index is 13.6. The molecule has 5 heteroatoms. The van der Waals surface area contributed by atoms with Gasteiger partial charge in [-0.05, 0) is 47.5 Å². The Morgan fingerprint density at radius 3 is 2.19 bits per heavy atom. The summed E-state index contributed by atoms with van der Waals surface area (Å²) in [4.78, 5) is 13.2. The molecule has 1 heterocycles. The van der Waals surface area contributed by atoms with Gasteiger partial charge in [-0.1, -0.05) is 72.3 Å². The van der Waals surface area contributed by atoms with E-state index in [0.717, 1.165) is 21.9 Å². The van der Waals surface area contributed by atoms with Crippen LogP contribution in [-0.4, -0.2) is 8.42 Å². The van der Waals surface area contributed by atoms with Gasteiger partial charge in [0, 0.05) is 6.42 Å². The molecular formula is C27H20O4S. The average molecular weight is 441 g/mol. The fraction of sp³-hybridized carbons (Fsp3) is 0.0741. The van der Waals surface area contributed by atoms with Crippen molar-refractivity contribution in [1.29, 1.82) is 0 Å². The zero-order chi connectivity index (χ0) is 22.3. The number of benzene rings is 4. The van der Waals surface area contributed by atoms with E-state index >= 15 is 0 Å². The van der Waals surface area contributed by atoms with Gasteiger partial charge in [0.1, 0.15) is 11.3 Å². The molecule has 0 bridgehead atoms. The number of hydrogen-bond acceptors (Lipinski definition) is 4. The molecule has 0 radical (unpaired) electrons. The second kappa shape index (κ2) is 7.77. The lowest BCUT2D eigenvalue weighted by molar-refractivity contribution is 0.521. The largest absolute Gasteiger partial charge is 0.459 e. The number of hydrogen-bond donors (Lipinski definition) is 0. The molecule has 0 aliphatic carbocycles. The van der Waals surface area contributed by atoms with E-state index in [1.807, 2.05) is 49.4 Å². The zero-order valence-electron chi connectivity index (χ0n) is 17.4. The maximum atomic E-state index is 13.6. The van der Waals surface area contributed by atoms with E-state index in [0.29, 0.717) is 5.58 Å². The fourth-order valence-corrected chi connectivity index (χ4v) is 5.51. The third-order valence-electron chi connectivity index (χ3n) is 5.66. The van der Waals surface area contributed by atoms with Crippen LogP contribution in [0.25, 0.3) is 21.7 Å². The topological polar surface area (TPSA) is 64.3 Å². The van der Waals surface area contributed by atoms with Crippen molar-refractivity contribution in [3.63, 3.8) is 0 Å². The molecule has 5 aromatic rings. The first-order chi connectivity index (χ1) is 15.4. The van der Waals surface area contributed by atoms with E-state index in [4.69, 9.17) is 4.42 Å². The fourth-order valence-electron chi connectivity index (χ4n) is 4.01. The minimum Gasteiger partial charge on any atom is -0.459 e. The molecule has 4 aromatic carbocycles. The average Bonchev–Trinajstić information content (AvgIpc) is 2.79. The molecule has 0 fully saturated rings. The van der Waals surface area contributed by atoms with E-state index in [-0.39, 0.29) is 27.4 Å². The number of rotatable bonds is 4. The Balaban J connectivity index is 1.78. The Morgan fingerprint density at radius 2 is 1.41 bits per heavy atom. The SMILES string of the molecule is Cc1ccc(S(=O)(=O)c2c(Cc3cccc4ccccc34)oc3ccccc3c2=O)cc1. The van der Waals surface area contributed by atoms with Gasteiger partial charge in [-0.25, -0.2) is 8.42 Å². The molecule has 0 amide bonds. The molecule has 0 N–H and O–H groups in total. The van der Waals surface area contributed by atoms with Gasteiger partial charge in [0.25, 0.3) is 0 Å². The monoisotopic (exact) mass is 440 g/mol.